The van der Waals surface area contributed by atoms with Crippen LogP contribution in [0.25, 0.3) is 0 Å². The molecule has 20 heteroatoms. The maximum atomic E-state index is 9.98. The van der Waals surface area contributed by atoms with Crippen molar-refractivity contribution in [2.75, 3.05) is 6.61 Å². The SMILES string of the molecule is O.O.O.O.O=C([O-])C(O)C(O)C(=O)[O-].O=C([O-])C(O)C(O)C(O)C(O)CO.[K+].[Na+].[Na+]. The maximum absolute atomic E-state index is 9.98. The van der Waals surface area contributed by atoms with Gasteiger partial charge in [0.1, 0.15) is 36.6 Å². The molecule has 0 aromatic rings. The predicted octanol–water partition coefficient (Wildman–Crippen LogP) is -21.9. The molecule has 6 atom stereocenters. The second-order valence-corrected chi connectivity index (χ2v) is 4.02. The molecule has 0 fully saturated rings. The Bertz CT molecular complexity index is 398. The van der Waals surface area contributed by atoms with Crippen LogP contribution >= 0.6 is 0 Å². The number of hydrogen-bond donors (Lipinski definition) is 7. The van der Waals surface area contributed by atoms with Gasteiger partial charge in [-0.25, -0.2) is 0 Å². The van der Waals surface area contributed by atoms with Crippen LogP contribution in [0.1, 0.15) is 0 Å². The molecule has 0 aromatic heterocycles. The molecule has 17 nitrogen and oxygen atoms in total. The van der Waals surface area contributed by atoms with E-state index < -0.39 is 61.1 Å². The van der Waals surface area contributed by atoms with Crippen LogP contribution in [-0.4, -0.2) is 119 Å². The predicted molar refractivity (Wildman–Crippen MR) is 72.6 cm³/mol. The molecule has 0 spiro atoms. The van der Waals surface area contributed by atoms with Crippen LogP contribution in [0, 0.1) is 0 Å². The number of carbonyl (C=O) groups is 3. The summed E-state index contributed by atoms with van der Waals surface area (Å²) in [4.78, 5) is 29.2. The van der Waals surface area contributed by atoms with Crippen LogP contribution in [-0.2, 0) is 14.4 Å². The van der Waals surface area contributed by atoms with E-state index in [2.05, 4.69) is 0 Å². The largest absolute Gasteiger partial charge is 1.00 e. The van der Waals surface area contributed by atoms with E-state index in [-0.39, 0.29) is 132 Å². The van der Waals surface area contributed by atoms with Gasteiger partial charge in [-0.15, -0.1) is 0 Å². The first-order valence-corrected chi connectivity index (χ1v) is 5.70. The number of carbonyl (C=O) groups excluding carboxylic acids is 3. The van der Waals surface area contributed by atoms with Gasteiger partial charge in [-0.3, -0.25) is 0 Å². The van der Waals surface area contributed by atoms with Gasteiger partial charge in [0, 0.05) is 0 Å². The zero-order valence-electron chi connectivity index (χ0n) is 16.3. The summed E-state index contributed by atoms with van der Waals surface area (Å²) in [5.41, 5.74) is 0. The molecule has 0 rings (SSSR count). The molecule has 0 bridgehead atoms. The Morgan fingerprint density at radius 2 is 0.833 bits per heavy atom. The van der Waals surface area contributed by atoms with E-state index in [1.807, 2.05) is 0 Å². The molecule has 6 unspecified atom stereocenters. The van der Waals surface area contributed by atoms with E-state index in [9.17, 15) is 29.7 Å². The van der Waals surface area contributed by atoms with Crippen molar-refractivity contribution in [1.29, 1.82) is 0 Å². The van der Waals surface area contributed by atoms with Crippen LogP contribution in [0.15, 0.2) is 0 Å². The first-order valence-electron chi connectivity index (χ1n) is 5.70. The summed E-state index contributed by atoms with van der Waals surface area (Å²) in [6.45, 7) is -0.863. The van der Waals surface area contributed by atoms with Gasteiger partial charge in [-0.1, -0.05) is 0 Å². The van der Waals surface area contributed by atoms with Gasteiger partial charge in [0.25, 0.3) is 0 Å². The first kappa shape index (κ1) is 57.9. The summed E-state index contributed by atoms with van der Waals surface area (Å²) in [5, 5.41) is 89.2. The number of aliphatic hydroxyl groups excluding tert-OH is 7. The molecular weight excluding hydrogens is 477 g/mol. The maximum Gasteiger partial charge on any atom is 1.00 e. The monoisotopic (exact) mass is 500 g/mol. The Morgan fingerprint density at radius 1 is 0.600 bits per heavy atom. The average molecular weight is 500 g/mol. The third-order valence-electron chi connectivity index (χ3n) is 2.28. The van der Waals surface area contributed by atoms with E-state index in [1.54, 1.807) is 0 Å². The van der Waals surface area contributed by atoms with Crippen LogP contribution in [0.5, 0.6) is 0 Å². The van der Waals surface area contributed by atoms with E-state index in [4.69, 9.17) is 35.7 Å². The van der Waals surface area contributed by atoms with E-state index in [1.165, 1.54) is 0 Å². The van der Waals surface area contributed by atoms with Crippen molar-refractivity contribution in [1.82, 2.24) is 0 Å². The Balaban J connectivity index is -0.0000000347. The van der Waals surface area contributed by atoms with Gasteiger partial charge in [0.15, 0.2) is 0 Å². The van der Waals surface area contributed by atoms with Gasteiger partial charge in [0.2, 0.25) is 0 Å². The van der Waals surface area contributed by atoms with Crippen molar-refractivity contribution in [3.63, 3.8) is 0 Å². The summed E-state index contributed by atoms with van der Waals surface area (Å²) in [6, 6.07) is 0. The fourth-order valence-corrected chi connectivity index (χ4v) is 0.920. The summed E-state index contributed by atoms with van der Waals surface area (Å²) in [5.74, 6) is -6.09. The van der Waals surface area contributed by atoms with E-state index in [0.717, 1.165) is 0 Å². The standard InChI is InChI=1S/C6H12O7.C4H6O6.K.2Na.4H2O/c7-1-2(8)3(9)4(10)5(11)6(12)13;5-1(3(7)8)2(6)4(9)10;;;;;;;/h2-5,7-11H,1H2,(H,12,13);1-2,5-6H,(H,7,8)(H,9,10);;;;4*1H2/q;;3*+1;;;;/p-3. The van der Waals surface area contributed by atoms with Crippen molar-refractivity contribution < 1.29 is 198 Å². The number of rotatable bonds is 8. The number of hydrogen-bond acceptors (Lipinski definition) is 13. The Labute approximate surface area is 255 Å². The molecular formula is C10H23KNa2O17. The zero-order valence-corrected chi connectivity index (χ0v) is 23.4. The Morgan fingerprint density at radius 3 is 1.00 bits per heavy atom. The van der Waals surface area contributed by atoms with Crippen LogP contribution in [0.3, 0.4) is 0 Å². The third kappa shape index (κ3) is 24.3. The zero-order chi connectivity index (χ0) is 18.9. The van der Waals surface area contributed by atoms with Crippen molar-refractivity contribution in [2.24, 2.45) is 0 Å². The topological polar surface area (TPSA) is 388 Å². The van der Waals surface area contributed by atoms with Crippen LogP contribution < -0.4 is 126 Å². The molecule has 15 N–H and O–H groups in total. The molecule has 0 aliphatic heterocycles. The molecule has 0 amide bonds. The van der Waals surface area contributed by atoms with Gasteiger partial charge in [-0.05, 0) is 0 Å². The molecule has 0 saturated heterocycles. The van der Waals surface area contributed by atoms with Crippen molar-refractivity contribution in [3.05, 3.63) is 0 Å². The van der Waals surface area contributed by atoms with E-state index >= 15 is 0 Å². The quantitative estimate of drug-likeness (QED) is 0.152. The normalized spacial score (nSPS) is 14.1. The van der Waals surface area contributed by atoms with Gasteiger partial charge in [0.05, 0.1) is 24.5 Å². The summed E-state index contributed by atoms with van der Waals surface area (Å²) in [7, 11) is 0. The second-order valence-electron chi connectivity index (χ2n) is 4.02. The summed E-state index contributed by atoms with van der Waals surface area (Å²) >= 11 is 0. The van der Waals surface area contributed by atoms with Crippen LogP contribution in [0.4, 0.5) is 0 Å². The fourth-order valence-electron chi connectivity index (χ4n) is 0.920. The van der Waals surface area contributed by atoms with Crippen molar-refractivity contribution in [2.45, 2.75) is 36.6 Å². The number of aliphatic carboxylic acids is 3. The van der Waals surface area contributed by atoms with Gasteiger partial charge < -0.3 is 87.4 Å². The average Bonchev–Trinajstić information content (AvgIpc) is 2.50. The molecule has 0 radical (unpaired) electrons. The first-order chi connectivity index (χ1) is 10.4. The third-order valence-corrected chi connectivity index (χ3v) is 2.28. The molecule has 168 valence electrons. The Kier molecular flexibility index (Phi) is 59.1. The minimum absolute atomic E-state index is 0. The number of aliphatic hydroxyl groups is 7. The smallest absolute Gasteiger partial charge is 0.547 e. The molecule has 30 heavy (non-hydrogen) atoms. The number of carboxylic acids is 3. The summed E-state index contributed by atoms with van der Waals surface area (Å²) in [6.07, 6.45) is -13.0. The van der Waals surface area contributed by atoms with Gasteiger partial charge in [-0.2, -0.15) is 0 Å². The van der Waals surface area contributed by atoms with E-state index in [0.29, 0.717) is 0 Å². The van der Waals surface area contributed by atoms with Crippen LogP contribution in [0.2, 0.25) is 0 Å². The minimum atomic E-state index is -2.44. The van der Waals surface area contributed by atoms with Gasteiger partial charge >= 0.3 is 110 Å². The minimum Gasteiger partial charge on any atom is -0.547 e. The number of carboxylic acid groups (broad SMARTS) is 3. The Hall–Kier alpha value is 1.61. The second kappa shape index (κ2) is 30.6. The van der Waals surface area contributed by atoms with Crippen molar-refractivity contribution in [3.8, 4) is 0 Å². The molecule has 0 aliphatic carbocycles. The molecule has 0 aromatic carbocycles. The molecule has 0 heterocycles. The molecule has 0 saturated carbocycles. The fraction of sp³-hybridized carbons (Fsp3) is 0.700. The molecule has 0 aliphatic rings. The van der Waals surface area contributed by atoms with Crippen molar-refractivity contribution >= 4 is 17.9 Å². The summed E-state index contributed by atoms with van der Waals surface area (Å²) < 4.78 is 0.